The van der Waals surface area contributed by atoms with Crippen LogP contribution in [0.4, 0.5) is 5.69 Å². The van der Waals surface area contributed by atoms with Gasteiger partial charge in [-0.15, -0.1) is 0 Å². The Morgan fingerprint density at radius 1 is 1.53 bits per heavy atom. The first kappa shape index (κ1) is 12.1. The second-order valence-corrected chi connectivity index (χ2v) is 3.74. The molecule has 0 fully saturated rings. The van der Waals surface area contributed by atoms with Crippen molar-refractivity contribution < 1.29 is 9.90 Å². The number of nitrogens with two attached hydrogens (primary N) is 1. The van der Waals surface area contributed by atoms with E-state index in [4.69, 9.17) is 34.0 Å². The largest absolute Gasteiger partial charge is 0.480 e. The Morgan fingerprint density at radius 3 is 2.67 bits per heavy atom. The SMILES string of the molecule is NCC(Nc1ccc(Cl)cc1Cl)C(=O)O. The maximum absolute atomic E-state index is 10.7. The molecule has 0 saturated heterocycles. The van der Waals surface area contributed by atoms with E-state index in [-0.39, 0.29) is 6.54 Å². The van der Waals surface area contributed by atoms with Gasteiger partial charge in [0.05, 0.1) is 10.7 Å². The van der Waals surface area contributed by atoms with Crippen LogP contribution in [0.1, 0.15) is 0 Å². The van der Waals surface area contributed by atoms with Crippen LogP contribution in [0.25, 0.3) is 0 Å². The highest BCUT2D eigenvalue weighted by Crippen LogP contribution is 2.25. The number of anilines is 1. The molecule has 0 radical (unpaired) electrons. The molecule has 0 saturated carbocycles. The van der Waals surface area contributed by atoms with Gasteiger partial charge in [-0.05, 0) is 18.2 Å². The number of carboxylic acids is 1. The monoisotopic (exact) mass is 248 g/mol. The molecule has 1 atom stereocenters. The Kier molecular flexibility index (Phi) is 4.20. The molecule has 6 heteroatoms. The maximum Gasteiger partial charge on any atom is 0.327 e. The third kappa shape index (κ3) is 3.27. The second kappa shape index (κ2) is 5.21. The molecule has 82 valence electrons. The molecule has 0 aliphatic rings. The number of hydrogen-bond donors (Lipinski definition) is 3. The summed E-state index contributed by atoms with van der Waals surface area (Å²) in [6.07, 6.45) is 0. The molecule has 1 aromatic carbocycles. The van der Waals surface area contributed by atoms with Gasteiger partial charge in [-0.2, -0.15) is 0 Å². The first-order valence-electron chi connectivity index (χ1n) is 4.19. The summed E-state index contributed by atoms with van der Waals surface area (Å²) in [7, 11) is 0. The van der Waals surface area contributed by atoms with E-state index in [9.17, 15) is 4.79 Å². The Morgan fingerprint density at radius 2 is 2.20 bits per heavy atom. The first-order chi connectivity index (χ1) is 7.04. The van der Waals surface area contributed by atoms with Crippen LogP contribution in [0, 0.1) is 0 Å². The molecule has 4 nitrogen and oxygen atoms in total. The number of carbonyl (C=O) groups is 1. The molecule has 0 amide bonds. The number of aliphatic carboxylic acids is 1. The molecule has 0 aromatic heterocycles. The molecular formula is C9H10Cl2N2O2. The van der Waals surface area contributed by atoms with Gasteiger partial charge >= 0.3 is 5.97 Å². The van der Waals surface area contributed by atoms with Crippen LogP contribution < -0.4 is 11.1 Å². The lowest BCUT2D eigenvalue weighted by Crippen LogP contribution is -2.36. The fraction of sp³-hybridized carbons (Fsp3) is 0.222. The highest BCUT2D eigenvalue weighted by atomic mass is 35.5. The lowest BCUT2D eigenvalue weighted by atomic mass is 10.2. The second-order valence-electron chi connectivity index (χ2n) is 2.90. The summed E-state index contributed by atoms with van der Waals surface area (Å²) >= 11 is 11.6. The standard InChI is InChI=1S/C9H10Cl2N2O2/c10-5-1-2-7(6(11)3-5)13-8(4-12)9(14)15/h1-3,8,13H,4,12H2,(H,14,15). The van der Waals surface area contributed by atoms with Crippen molar-refractivity contribution in [2.45, 2.75) is 6.04 Å². The summed E-state index contributed by atoms with van der Waals surface area (Å²) in [4.78, 5) is 10.7. The Bertz CT molecular complexity index is 371. The van der Waals surface area contributed by atoms with E-state index in [0.29, 0.717) is 15.7 Å². The predicted octanol–water partition coefficient (Wildman–Crippen LogP) is 1.82. The van der Waals surface area contributed by atoms with Crippen LogP contribution in [0.15, 0.2) is 18.2 Å². The smallest absolute Gasteiger partial charge is 0.327 e. The quantitative estimate of drug-likeness (QED) is 0.760. The van der Waals surface area contributed by atoms with E-state index in [1.807, 2.05) is 0 Å². The molecule has 0 heterocycles. The zero-order valence-corrected chi connectivity index (χ0v) is 9.22. The Balaban J connectivity index is 2.84. The minimum atomic E-state index is -1.02. The van der Waals surface area contributed by atoms with E-state index in [1.165, 1.54) is 6.07 Å². The minimum Gasteiger partial charge on any atom is -0.480 e. The molecule has 1 aromatic rings. The summed E-state index contributed by atoms with van der Waals surface area (Å²) in [6.45, 7) is -0.0196. The van der Waals surface area contributed by atoms with Gasteiger partial charge in [-0.1, -0.05) is 23.2 Å². The number of hydrogen-bond acceptors (Lipinski definition) is 3. The average Bonchev–Trinajstić information content (AvgIpc) is 2.16. The topological polar surface area (TPSA) is 75.3 Å². The van der Waals surface area contributed by atoms with Gasteiger partial charge < -0.3 is 16.2 Å². The molecule has 1 rings (SSSR count). The molecule has 15 heavy (non-hydrogen) atoms. The van der Waals surface area contributed by atoms with Gasteiger partial charge in [-0.3, -0.25) is 0 Å². The summed E-state index contributed by atoms with van der Waals surface area (Å²) in [6, 6.07) is 3.89. The molecule has 1 unspecified atom stereocenters. The van der Waals surface area contributed by atoms with Crippen LogP contribution in [-0.2, 0) is 4.79 Å². The highest BCUT2D eigenvalue weighted by molar-refractivity contribution is 6.36. The average molecular weight is 249 g/mol. The third-order valence-corrected chi connectivity index (χ3v) is 2.34. The maximum atomic E-state index is 10.7. The minimum absolute atomic E-state index is 0.0196. The lowest BCUT2D eigenvalue weighted by Gasteiger charge is -2.14. The molecule has 0 bridgehead atoms. The van der Waals surface area contributed by atoms with Crippen molar-refractivity contribution >= 4 is 34.9 Å². The van der Waals surface area contributed by atoms with Crippen molar-refractivity contribution in [3.05, 3.63) is 28.2 Å². The fourth-order valence-corrected chi connectivity index (χ4v) is 1.48. The van der Waals surface area contributed by atoms with Gasteiger partial charge in [-0.25, -0.2) is 4.79 Å². The van der Waals surface area contributed by atoms with E-state index in [0.717, 1.165) is 0 Å². The summed E-state index contributed by atoms with van der Waals surface area (Å²) < 4.78 is 0. The van der Waals surface area contributed by atoms with Crippen LogP contribution in [0.3, 0.4) is 0 Å². The zero-order valence-electron chi connectivity index (χ0n) is 7.71. The number of carboxylic acid groups (broad SMARTS) is 1. The fourth-order valence-electron chi connectivity index (χ4n) is 1.02. The van der Waals surface area contributed by atoms with E-state index in [2.05, 4.69) is 5.32 Å². The molecule has 4 N–H and O–H groups in total. The number of benzene rings is 1. The summed E-state index contributed by atoms with van der Waals surface area (Å²) in [5.74, 6) is -1.02. The molecular weight excluding hydrogens is 239 g/mol. The molecule has 0 spiro atoms. The molecule has 0 aliphatic carbocycles. The number of halogens is 2. The van der Waals surface area contributed by atoms with Crippen molar-refractivity contribution in [2.75, 3.05) is 11.9 Å². The zero-order chi connectivity index (χ0) is 11.4. The van der Waals surface area contributed by atoms with E-state index < -0.39 is 12.0 Å². The van der Waals surface area contributed by atoms with Crippen molar-refractivity contribution in [1.29, 1.82) is 0 Å². The number of nitrogens with one attached hydrogen (secondary N) is 1. The normalized spacial score (nSPS) is 12.2. The van der Waals surface area contributed by atoms with Crippen molar-refractivity contribution in [3.63, 3.8) is 0 Å². The number of rotatable bonds is 4. The van der Waals surface area contributed by atoms with Crippen LogP contribution in [-0.4, -0.2) is 23.7 Å². The summed E-state index contributed by atoms with van der Waals surface area (Å²) in [5.41, 5.74) is 5.79. The van der Waals surface area contributed by atoms with Crippen LogP contribution >= 0.6 is 23.2 Å². The van der Waals surface area contributed by atoms with E-state index in [1.54, 1.807) is 12.1 Å². The molecule has 0 aliphatic heterocycles. The Hall–Kier alpha value is -0.970. The predicted molar refractivity (Wildman–Crippen MR) is 60.6 cm³/mol. The Labute approximate surface area is 97.0 Å². The van der Waals surface area contributed by atoms with Gasteiger partial charge in [0.15, 0.2) is 0 Å². The van der Waals surface area contributed by atoms with Gasteiger partial charge in [0.25, 0.3) is 0 Å². The van der Waals surface area contributed by atoms with E-state index >= 15 is 0 Å². The first-order valence-corrected chi connectivity index (χ1v) is 4.94. The van der Waals surface area contributed by atoms with Crippen molar-refractivity contribution in [3.8, 4) is 0 Å². The van der Waals surface area contributed by atoms with Crippen LogP contribution in [0.2, 0.25) is 10.0 Å². The third-order valence-electron chi connectivity index (χ3n) is 1.79. The van der Waals surface area contributed by atoms with Crippen LogP contribution in [0.5, 0.6) is 0 Å². The van der Waals surface area contributed by atoms with Crippen molar-refractivity contribution in [1.82, 2.24) is 0 Å². The van der Waals surface area contributed by atoms with Gasteiger partial charge in [0, 0.05) is 11.6 Å². The van der Waals surface area contributed by atoms with Crippen molar-refractivity contribution in [2.24, 2.45) is 5.73 Å². The van der Waals surface area contributed by atoms with Gasteiger partial charge in [0.2, 0.25) is 0 Å². The highest BCUT2D eigenvalue weighted by Gasteiger charge is 2.15. The lowest BCUT2D eigenvalue weighted by molar-refractivity contribution is -0.137. The van der Waals surface area contributed by atoms with Gasteiger partial charge in [0.1, 0.15) is 6.04 Å². The summed E-state index contributed by atoms with van der Waals surface area (Å²) in [5, 5.41) is 12.3.